The predicted molar refractivity (Wildman–Crippen MR) is 48.8 cm³/mol. The highest BCUT2D eigenvalue weighted by atomic mass is 16.5. The van der Waals surface area contributed by atoms with E-state index in [1.807, 2.05) is 0 Å². The van der Waals surface area contributed by atoms with Crippen molar-refractivity contribution in [3.05, 3.63) is 11.3 Å². The van der Waals surface area contributed by atoms with Gasteiger partial charge in [0.05, 0.1) is 17.7 Å². The second-order valence-corrected chi connectivity index (χ2v) is 3.61. The zero-order valence-electron chi connectivity index (χ0n) is 7.69. The minimum atomic E-state index is -0.902. The third kappa shape index (κ3) is 1.45. The number of hydrogen-bond donors (Lipinski definition) is 2. The molecule has 0 unspecified atom stereocenters. The lowest BCUT2D eigenvalue weighted by molar-refractivity contribution is -0.136. The maximum atomic E-state index is 10.6. The lowest BCUT2D eigenvalue weighted by atomic mass is 9.81. The van der Waals surface area contributed by atoms with Crippen molar-refractivity contribution >= 4 is 11.9 Å². The molecule has 0 bridgehead atoms. The van der Waals surface area contributed by atoms with E-state index >= 15 is 0 Å². The number of aromatic nitrogens is 1. The molecule has 1 aromatic heterocycles. The SMILES string of the molecule is Nc1onc(C2CCC2)c1CC(=O)O. The summed E-state index contributed by atoms with van der Waals surface area (Å²) in [7, 11) is 0. The van der Waals surface area contributed by atoms with Crippen molar-refractivity contribution in [3.63, 3.8) is 0 Å². The Morgan fingerprint density at radius 1 is 1.64 bits per heavy atom. The van der Waals surface area contributed by atoms with E-state index in [0.29, 0.717) is 11.5 Å². The predicted octanol–water partition coefficient (Wildman–Crippen LogP) is 1.15. The van der Waals surface area contributed by atoms with Gasteiger partial charge < -0.3 is 15.4 Å². The van der Waals surface area contributed by atoms with Crippen LogP contribution in [0.25, 0.3) is 0 Å². The Kier molecular flexibility index (Phi) is 2.15. The van der Waals surface area contributed by atoms with E-state index in [9.17, 15) is 4.79 Å². The van der Waals surface area contributed by atoms with Crippen LogP contribution in [0.15, 0.2) is 4.52 Å². The molecule has 2 rings (SSSR count). The summed E-state index contributed by atoms with van der Waals surface area (Å²) in [6.07, 6.45) is 3.18. The summed E-state index contributed by atoms with van der Waals surface area (Å²) in [6.45, 7) is 0. The number of aliphatic carboxylic acids is 1. The Labute approximate surface area is 80.9 Å². The van der Waals surface area contributed by atoms with Crippen LogP contribution in [0.3, 0.4) is 0 Å². The Morgan fingerprint density at radius 3 is 2.86 bits per heavy atom. The van der Waals surface area contributed by atoms with Gasteiger partial charge in [-0.25, -0.2) is 0 Å². The number of carbonyl (C=O) groups is 1. The fraction of sp³-hybridized carbons (Fsp3) is 0.556. The molecule has 0 spiro atoms. The normalized spacial score (nSPS) is 16.6. The smallest absolute Gasteiger partial charge is 0.308 e. The molecule has 76 valence electrons. The molecule has 0 aliphatic heterocycles. The quantitative estimate of drug-likeness (QED) is 0.756. The second-order valence-electron chi connectivity index (χ2n) is 3.61. The van der Waals surface area contributed by atoms with Crippen LogP contribution in [0.1, 0.15) is 36.4 Å². The number of rotatable bonds is 3. The van der Waals surface area contributed by atoms with E-state index < -0.39 is 5.97 Å². The molecule has 0 atom stereocenters. The van der Waals surface area contributed by atoms with Crippen LogP contribution in [0, 0.1) is 0 Å². The molecule has 0 aromatic carbocycles. The van der Waals surface area contributed by atoms with Crippen LogP contribution in [0.5, 0.6) is 0 Å². The minimum Gasteiger partial charge on any atom is -0.481 e. The van der Waals surface area contributed by atoms with E-state index in [2.05, 4.69) is 5.16 Å². The van der Waals surface area contributed by atoms with Gasteiger partial charge in [0, 0.05) is 5.92 Å². The van der Waals surface area contributed by atoms with Crippen LogP contribution < -0.4 is 5.73 Å². The third-order valence-electron chi connectivity index (χ3n) is 2.67. The minimum absolute atomic E-state index is 0.0961. The monoisotopic (exact) mass is 196 g/mol. The Hall–Kier alpha value is -1.52. The van der Waals surface area contributed by atoms with E-state index in [1.54, 1.807) is 0 Å². The Morgan fingerprint density at radius 2 is 2.36 bits per heavy atom. The molecule has 5 heteroatoms. The third-order valence-corrected chi connectivity index (χ3v) is 2.67. The first-order valence-corrected chi connectivity index (χ1v) is 4.64. The van der Waals surface area contributed by atoms with Gasteiger partial charge >= 0.3 is 5.97 Å². The van der Waals surface area contributed by atoms with Crippen LogP contribution in [0.4, 0.5) is 5.88 Å². The van der Waals surface area contributed by atoms with Crippen molar-refractivity contribution in [2.75, 3.05) is 5.73 Å². The van der Waals surface area contributed by atoms with Gasteiger partial charge in [0.2, 0.25) is 5.88 Å². The Balaban J connectivity index is 2.25. The summed E-state index contributed by atoms with van der Waals surface area (Å²) in [5.74, 6) is -0.403. The topological polar surface area (TPSA) is 89.4 Å². The molecule has 1 aliphatic carbocycles. The summed E-state index contributed by atoms with van der Waals surface area (Å²) >= 11 is 0. The summed E-state index contributed by atoms with van der Waals surface area (Å²) in [6, 6.07) is 0. The molecular weight excluding hydrogens is 184 g/mol. The molecular formula is C9H12N2O3. The van der Waals surface area contributed by atoms with Crippen LogP contribution in [-0.2, 0) is 11.2 Å². The van der Waals surface area contributed by atoms with Gasteiger partial charge in [0.15, 0.2) is 0 Å². The van der Waals surface area contributed by atoms with Gasteiger partial charge in [0.1, 0.15) is 0 Å². The van der Waals surface area contributed by atoms with Crippen molar-refractivity contribution in [2.45, 2.75) is 31.6 Å². The first kappa shape index (κ1) is 9.05. The number of carboxylic acids is 1. The summed E-state index contributed by atoms with van der Waals surface area (Å²) in [4.78, 5) is 10.6. The van der Waals surface area contributed by atoms with E-state index in [1.165, 1.54) is 6.42 Å². The molecule has 0 amide bonds. The maximum absolute atomic E-state index is 10.6. The fourth-order valence-corrected chi connectivity index (χ4v) is 1.67. The molecule has 1 heterocycles. The van der Waals surface area contributed by atoms with E-state index in [-0.39, 0.29) is 12.3 Å². The van der Waals surface area contributed by atoms with Crippen molar-refractivity contribution < 1.29 is 14.4 Å². The highest BCUT2D eigenvalue weighted by molar-refractivity contribution is 5.72. The molecule has 1 fully saturated rings. The number of anilines is 1. The zero-order valence-corrected chi connectivity index (χ0v) is 7.69. The van der Waals surface area contributed by atoms with Crippen molar-refractivity contribution in [1.29, 1.82) is 0 Å². The van der Waals surface area contributed by atoms with Gasteiger partial charge in [-0.05, 0) is 12.8 Å². The molecule has 1 saturated carbocycles. The zero-order chi connectivity index (χ0) is 10.1. The van der Waals surface area contributed by atoms with E-state index in [4.69, 9.17) is 15.4 Å². The van der Waals surface area contributed by atoms with Gasteiger partial charge in [-0.15, -0.1) is 0 Å². The van der Waals surface area contributed by atoms with Gasteiger partial charge in [-0.3, -0.25) is 4.79 Å². The number of nitrogens with two attached hydrogens (primary N) is 1. The number of hydrogen-bond acceptors (Lipinski definition) is 4. The van der Waals surface area contributed by atoms with Crippen LogP contribution in [-0.4, -0.2) is 16.2 Å². The van der Waals surface area contributed by atoms with Crippen LogP contribution >= 0.6 is 0 Å². The molecule has 5 nitrogen and oxygen atoms in total. The lowest BCUT2D eigenvalue weighted by Crippen LogP contribution is -2.13. The molecule has 1 aliphatic rings. The second kappa shape index (κ2) is 3.32. The first-order chi connectivity index (χ1) is 6.68. The van der Waals surface area contributed by atoms with Gasteiger partial charge in [-0.2, -0.15) is 0 Å². The summed E-state index contributed by atoms with van der Waals surface area (Å²) in [5.41, 5.74) is 6.82. The van der Waals surface area contributed by atoms with Gasteiger partial charge in [0.25, 0.3) is 0 Å². The average Bonchev–Trinajstić information content (AvgIpc) is 2.32. The highest BCUT2D eigenvalue weighted by Gasteiger charge is 2.28. The standard InChI is InChI=1S/C9H12N2O3/c10-9-6(4-7(12)13)8(11-14-9)5-2-1-3-5/h5H,1-4,10H2,(H,12,13). The fourth-order valence-electron chi connectivity index (χ4n) is 1.67. The average molecular weight is 196 g/mol. The highest BCUT2D eigenvalue weighted by Crippen LogP contribution is 2.38. The lowest BCUT2D eigenvalue weighted by Gasteiger charge is -2.23. The summed E-state index contributed by atoms with van der Waals surface area (Å²) in [5, 5.41) is 12.5. The number of nitrogen functional groups attached to an aromatic ring is 1. The maximum Gasteiger partial charge on any atom is 0.308 e. The van der Waals surface area contributed by atoms with Crippen molar-refractivity contribution in [3.8, 4) is 0 Å². The first-order valence-electron chi connectivity index (χ1n) is 4.64. The summed E-state index contributed by atoms with van der Waals surface area (Å²) < 4.78 is 4.82. The van der Waals surface area contributed by atoms with Crippen molar-refractivity contribution in [1.82, 2.24) is 5.16 Å². The molecule has 14 heavy (non-hydrogen) atoms. The van der Waals surface area contributed by atoms with Crippen molar-refractivity contribution in [2.24, 2.45) is 0 Å². The van der Waals surface area contributed by atoms with E-state index in [0.717, 1.165) is 18.5 Å². The Bertz CT molecular complexity index is 355. The molecule has 0 saturated heterocycles. The number of nitrogens with zero attached hydrogens (tertiary/aromatic N) is 1. The van der Waals surface area contributed by atoms with Crippen LogP contribution in [0.2, 0.25) is 0 Å². The largest absolute Gasteiger partial charge is 0.481 e. The molecule has 0 radical (unpaired) electrons. The number of carboxylic acid groups (broad SMARTS) is 1. The molecule has 1 aromatic rings. The van der Waals surface area contributed by atoms with Gasteiger partial charge in [-0.1, -0.05) is 11.6 Å². The molecule has 3 N–H and O–H groups in total.